The van der Waals surface area contributed by atoms with E-state index in [0.717, 1.165) is 23.2 Å². The van der Waals surface area contributed by atoms with Crippen molar-refractivity contribution in [2.75, 3.05) is 27.3 Å². The van der Waals surface area contributed by atoms with Gasteiger partial charge < -0.3 is 14.8 Å². The van der Waals surface area contributed by atoms with Crippen molar-refractivity contribution < 1.29 is 14.3 Å². The Morgan fingerprint density at radius 3 is 2.76 bits per heavy atom. The second-order valence-corrected chi connectivity index (χ2v) is 4.33. The van der Waals surface area contributed by atoms with E-state index in [1.807, 2.05) is 18.2 Å². The molecule has 17 heavy (non-hydrogen) atoms. The third kappa shape index (κ3) is 4.75. The summed E-state index contributed by atoms with van der Waals surface area (Å²) in [6, 6.07) is 5.93. The molecule has 94 valence electrons. The Balaban J connectivity index is 2.37. The van der Waals surface area contributed by atoms with E-state index in [4.69, 9.17) is 4.74 Å². The fraction of sp³-hybridized carbons (Fsp3) is 0.417. The molecule has 0 fully saturated rings. The maximum atomic E-state index is 10.9. The van der Waals surface area contributed by atoms with Crippen LogP contribution in [0.4, 0.5) is 0 Å². The number of carbonyl (C=O) groups is 1. The zero-order chi connectivity index (χ0) is 12.7. The lowest BCUT2D eigenvalue weighted by molar-refractivity contribution is -0.139. The van der Waals surface area contributed by atoms with Crippen LogP contribution in [0.5, 0.6) is 5.75 Å². The quantitative estimate of drug-likeness (QED) is 0.642. The fourth-order valence-corrected chi connectivity index (χ4v) is 1.95. The molecule has 0 unspecified atom stereocenters. The second kappa shape index (κ2) is 7.29. The molecule has 1 rings (SSSR count). The summed E-state index contributed by atoms with van der Waals surface area (Å²) in [6.07, 6.45) is 0.847. The molecular formula is C12H16BrNO3. The van der Waals surface area contributed by atoms with Crippen molar-refractivity contribution in [3.8, 4) is 5.75 Å². The zero-order valence-electron chi connectivity index (χ0n) is 9.96. The first-order valence-corrected chi connectivity index (χ1v) is 6.06. The van der Waals surface area contributed by atoms with Crippen LogP contribution in [0.25, 0.3) is 0 Å². The van der Waals surface area contributed by atoms with E-state index in [9.17, 15) is 4.79 Å². The summed E-state index contributed by atoms with van der Waals surface area (Å²) in [4.78, 5) is 10.9. The van der Waals surface area contributed by atoms with Crippen LogP contribution in [0, 0.1) is 0 Å². The van der Waals surface area contributed by atoms with Gasteiger partial charge in [-0.3, -0.25) is 4.79 Å². The van der Waals surface area contributed by atoms with Gasteiger partial charge in [0.15, 0.2) is 0 Å². The molecule has 0 spiro atoms. The molecule has 0 aromatic heterocycles. The number of benzene rings is 1. The number of carbonyl (C=O) groups excluding carboxylic acids is 1. The number of hydrogen-bond donors (Lipinski definition) is 1. The van der Waals surface area contributed by atoms with E-state index < -0.39 is 0 Å². The van der Waals surface area contributed by atoms with Gasteiger partial charge in [0.2, 0.25) is 0 Å². The van der Waals surface area contributed by atoms with Gasteiger partial charge in [-0.25, -0.2) is 0 Å². The zero-order valence-corrected chi connectivity index (χ0v) is 11.5. The maximum absolute atomic E-state index is 10.9. The van der Waals surface area contributed by atoms with Crippen molar-refractivity contribution in [2.45, 2.75) is 6.42 Å². The van der Waals surface area contributed by atoms with Gasteiger partial charge in [-0.1, -0.05) is 6.07 Å². The molecular weight excluding hydrogens is 286 g/mol. The third-order valence-corrected chi connectivity index (χ3v) is 2.92. The summed E-state index contributed by atoms with van der Waals surface area (Å²) >= 11 is 3.43. The minimum absolute atomic E-state index is 0.244. The largest absolute Gasteiger partial charge is 0.496 e. The molecule has 1 aromatic rings. The van der Waals surface area contributed by atoms with E-state index in [2.05, 4.69) is 26.0 Å². The highest BCUT2D eigenvalue weighted by Gasteiger charge is 2.02. The first-order valence-electron chi connectivity index (χ1n) is 5.27. The van der Waals surface area contributed by atoms with E-state index >= 15 is 0 Å². The molecule has 4 nitrogen and oxygen atoms in total. The Labute approximate surface area is 109 Å². The average molecular weight is 302 g/mol. The number of ether oxygens (including phenoxy) is 2. The van der Waals surface area contributed by atoms with E-state index in [1.54, 1.807) is 7.11 Å². The lowest BCUT2D eigenvalue weighted by Gasteiger charge is -2.07. The molecule has 1 N–H and O–H groups in total. The van der Waals surface area contributed by atoms with Crippen LogP contribution in [-0.4, -0.2) is 33.3 Å². The van der Waals surface area contributed by atoms with Crippen molar-refractivity contribution in [1.82, 2.24) is 5.32 Å². The van der Waals surface area contributed by atoms with Crippen LogP contribution in [0.3, 0.4) is 0 Å². The topological polar surface area (TPSA) is 47.6 Å². The van der Waals surface area contributed by atoms with Crippen molar-refractivity contribution in [3.63, 3.8) is 0 Å². The first-order chi connectivity index (χ1) is 8.17. The summed E-state index contributed by atoms with van der Waals surface area (Å²) < 4.78 is 10.6. The molecule has 0 saturated carbocycles. The molecule has 0 radical (unpaired) electrons. The van der Waals surface area contributed by atoms with Crippen molar-refractivity contribution in [3.05, 3.63) is 28.2 Å². The standard InChI is InChI=1S/C12H16BrNO3/c1-16-11-4-3-9(7-10(11)13)5-6-14-8-12(15)17-2/h3-4,7,14H,5-6,8H2,1-2H3. The maximum Gasteiger partial charge on any atom is 0.319 e. The van der Waals surface area contributed by atoms with Gasteiger partial charge >= 0.3 is 5.97 Å². The molecule has 0 bridgehead atoms. The molecule has 0 saturated heterocycles. The number of esters is 1. The van der Waals surface area contributed by atoms with Gasteiger partial charge in [0.1, 0.15) is 5.75 Å². The summed E-state index contributed by atoms with van der Waals surface area (Å²) in [7, 11) is 3.02. The number of rotatable bonds is 6. The normalized spacial score (nSPS) is 10.1. The molecule has 0 atom stereocenters. The van der Waals surface area contributed by atoms with Crippen molar-refractivity contribution >= 4 is 21.9 Å². The highest BCUT2D eigenvalue weighted by Crippen LogP contribution is 2.25. The van der Waals surface area contributed by atoms with E-state index in [0.29, 0.717) is 0 Å². The lowest BCUT2D eigenvalue weighted by Crippen LogP contribution is -2.25. The van der Waals surface area contributed by atoms with Crippen molar-refractivity contribution in [2.24, 2.45) is 0 Å². The fourth-order valence-electron chi connectivity index (χ4n) is 1.36. The smallest absolute Gasteiger partial charge is 0.319 e. The number of hydrogen-bond acceptors (Lipinski definition) is 4. The lowest BCUT2D eigenvalue weighted by atomic mass is 10.1. The number of halogens is 1. The average Bonchev–Trinajstić information content (AvgIpc) is 2.34. The molecule has 0 amide bonds. The predicted molar refractivity (Wildman–Crippen MR) is 69.3 cm³/mol. The second-order valence-electron chi connectivity index (χ2n) is 3.47. The number of nitrogens with one attached hydrogen (secondary N) is 1. The van der Waals surface area contributed by atoms with Crippen LogP contribution in [0.2, 0.25) is 0 Å². The first kappa shape index (κ1) is 14.0. The SMILES string of the molecule is COC(=O)CNCCc1ccc(OC)c(Br)c1. The Hall–Kier alpha value is -1.07. The Kier molecular flexibility index (Phi) is 6.00. The molecule has 0 aliphatic carbocycles. The van der Waals surface area contributed by atoms with Crippen LogP contribution in [0.15, 0.2) is 22.7 Å². The Morgan fingerprint density at radius 2 is 2.18 bits per heavy atom. The predicted octanol–water partition coefficient (Wildman–Crippen LogP) is 1.76. The third-order valence-electron chi connectivity index (χ3n) is 2.30. The van der Waals surface area contributed by atoms with Crippen LogP contribution < -0.4 is 10.1 Å². The van der Waals surface area contributed by atoms with Gasteiger partial charge in [0.05, 0.1) is 25.2 Å². The van der Waals surface area contributed by atoms with Crippen molar-refractivity contribution in [1.29, 1.82) is 0 Å². The minimum atomic E-state index is -0.249. The van der Waals surface area contributed by atoms with Crippen LogP contribution >= 0.6 is 15.9 Å². The summed E-state index contributed by atoms with van der Waals surface area (Å²) in [5.41, 5.74) is 1.18. The summed E-state index contributed by atoms with van der Waals surface area (Å²) in [5.74, 6) is 0.567. The van der Waals surface area contributed by atoms with Gasteiger partial charge in [0.25, 0.3) is 0 Å². The van der Waals surface area contributed by atoms with Gasteiger partial charge in [-0.05, 0) is 46.6 Å². The van der Waals surface area contributed by atoms with Gasteiger partial charge in [-0.2, -0.15) is 0 Å². The molecule has 0 heterocycles. The Bertz CT molecular complexity index is 382. The Morgan fingerprint density at radius 1 is 1.41 bits per heavy atom. The van der Waals surface area contributed by atoms with Gasteiger partial charge in [0, 0.05) is 0 Å². The highest BCUT2D eigenvalue weighted by molar-refractivity contribution is 9.10. The monoisotopic (exact) mass is 301 g/mol. The van der Waals surface area contributed by atoms with Crippen LogP contribution in [-0.2, 0) is 16.0 Å². The molecule has 5 heteroatoms. The van der Waals surface area contributed by atoms with E-state index in [1.165, 1.54) is 12.7 Å². The molecule has 1 aromatic carbocycles. The summed E-state index contributed by atoms with van der Waals surface area (Å²) in [6.45, 7) is 0.974. The highest BCUT2D eigenvalue weighted by atomic mass is 79.9. The molecule has 0 aliphatic heterocycles. The van der Waals surface area contributed by atoms with Crippen LogP contribution in [0.1, 0.15) is 5.56 Å². The number of methoxy groups -OCH3 is 2. The van der Waals surface area contributed by atoms with Gasteiger partial charge in [-0.15, -0.1) is 0 Å². The minimum Gasteiger partial charge on any atom is -0.496 e. The van der Waals surface area contributed by atoms with E-state index in [-0.39, 0.29) is 12.5 Å². The summed E-state index contributed by atoms with van der Waals surface area (Å²) in [5, 5.41) is 3.01. The molecule has 0 aliphatic rings.